The molecule has 0 saturated carbocycles. The molecule has 16 heavy (non-hydrogen) atoms. The molecule has 88 valence electrons. The molecule has 0 aliphatic carbocycles. The molecule has 0 atom stereocenters. The van der Waals surface area contributed by atoms with E-state index in [9.17, 15) is 8.42 Å². The van der Waals surface area contributed by atoms with Crippen molar-refractivity contribution in [3.05, 3.63) is 24.3 Å². The fourth-order valence-corrected chi connectivity index (χ4v) is 2.96. The fraction of sp³-hybridized carbons (Fsp3) is 0.300. The SMILES string of the molecule is CCCS(=O)(=O)c1ccccc1NC(N)=S. The van der Waals surface area contributed by atoms with Gasteiger partial charge in [0.2, 0.25) is 0 Å². The van der Waals surface area contributed by atoms with Crippen LogP contribution in [0.5, 0.6) is 0 Å². The van der Waals surface area contributed by atoms with Gasteiger partial charge in [-0.15, -0.1) is 0 Å². The molecule has 1 aromatic rings. The zero-order chi connectivity index (χ0) is 12.2. The van der Waals surface area contributed by atoms with Crippen molar-refractivity contribution in [1.82, 2.24) is 0 Å². The first kappa shape index (κ1) is 12.9. The number of benzene rings is 1. The Hall–Kier alpha value is -1.14. The summed E-state index contributed by atoms with van der Waals surface area (Å²) in [6.07, 6.45) is 0.573. The number of anilines is 1. The minimum atomic E-state index is -3.26. The summed E-state index contributed by atoms with van der Waals surface area (Å²) in [5, 5.41) is 2.72. The quantitative estimate of drug-likeness (QED) is 0.801. The van der Waals surface area contributed by atoms with Crippen LogP contribution in [0.1, 0.15) is 13.3 Å². The van der Waals surface area contributed by atoms with Gasteiger partial charge in [0.05, 0.1) is 16.3 Å². The van der Waals surface area contributed by atoms with Gasteiger partial charge in [0, 0.05) is 0 Å². The molecule has 0 bridgehead atoms. The smallest absolute Gasteiger partial charge is 0.180 e. The summed E-state index contributed by atoms with van der Waals surface area (Å²) >= 11 is 4.70. The van der Waals surface area contributed by atoms with E-state index in [-0.39, 0.29) is 15.8 Å². The highest BCUT2D eigenvalue weighted by molar-refractivity contribution is 7.91. The Balaban J connectivity index is 3.18. The van der Waals surface area contributed by atoms with E-state index in [1.54, 1.807) is 24.3 Å². The molecule has 0 amide bonds. The molecule has 6 heteroatoms. The standard InChI is InChI=1S/C10H14N2O2S2/c1-2-7-16(13,14)9-6-4-3-5-8(9)12-10(11)15/h3-6H,2,7H2,1H3,(H3,11,12,15). The number of sulfone groups is 1. The summed E-state index contributed by atoms with van der Waals surface area (Å²) in [6.45, 7) is 1.82. The van der Waals surface area contributed by atoms with Crippen LogP contribution in [0.2, 0.25) is 0 Å². The van der Waals surface area contributed by atoms with Crippen LogP contribution >= 0.6 is 12.2 Å². The average molecular weight is 258 g/mol. The Morgan fingerprint density at radius 3 is 2.62 bits per heavy atom. The van der Waals surface area contributed by atoms with E-state index in [0.717, 1.165) is 0 Å². The van der Waals surface area contributed by atoms with Crippen LogP contribution in [0.3, 0.4) is 0 Å². The van der Waals surface area contributed by atoms with Gasteiger partial charge in [-0.3, -0.25) is 0 Å². The van der Waals surface area contributed by atoms with Crippen LogP contribution in [-0.2, 0) is 9.84 Å². The van der Waals surface area contributed by atoms with Crippen molar-refractivity contribution >= 4 is 32.9 Å². The molecule has 0 aliphatic heterocycles. The zero-order valence-electron chi connectivity index (χ0n) is 8.93. The van der Waals surface area contributed by atoms with Crippen molar-refractivity contribution in [1.29, 1.82) is 0 Å². The van der Waals surface area contributed by atoms with Crippen LogP contribution in [0, 0.1) is 0 Å². The number of rotatable bonds is 4. The van der Waals surface area contributed by atoms with Crippen LogP contribution in [0.4, 0.5) is 5.69 Å². The molecule has 1 rings (SSSR count). The Labute approximate surface area is 101 Å². The average Bonchev–Trinajstić information content (AvgIpc) is 2.17. The maximum atomic E-state index is 11.9. The highest BCUT2D eigenvalue weighted by atomic mass is 32.2. The van der Waals surface area contributed by atoms with E-state index in [0.29, 0.717) is 12.1 Å². The molecule has 0 aromatic heterocycles. The van der Waals surface area contributed by atoms with Gasteiger partial charge in [-0.25, -0.2) is 8.42 Å². The first-order valence-corrected chi connectivity index (χ1v) is 6.91. The van der Waals surface area contributed by atoms with E-state index in [2.05, 4.69) is 5.32 Å². The highest BCUT2D eigenvalue weighted by Crippen LogP contribution is 2.22. The lowest BCUT2D eigenvalue weighted by atomic mass is 10.3. The Bertz CT molecular complexity index is 483. The van der Waals surface area contributed by atoms with Crippen molar-refractivity contribution in [2.45, 2.75) is 18.2 Å². The first-order valence-electron chi connectivity index (χ1n) is 4.85. The topological polar surface area (TPSA) is 72.2 Å². The Morgan fingerprint density at radius 1 is 1.44 bits per heavy atom. The van der Waals surface area contributed by atoms with Crippen LogP contribution in [-0.4, -0.2) is 19.3 Å². The third-order valence-electron chi connectivity index (χ3n) is 1.95. The van der Waals surface area contributed by atoms with Gasteiger partial charge in [-0.2, -0.15) is 0 Å². The third kappa shape index (κ3) is 3.18. The van der Waals surface area contributed by atoms with Crippen LogP contribution in [0.25, 0.3) is 0 Å². The molecule has 0 spiro atoms. The molecule has 0 fully saturated rings. The zero-order valence-corrected chi connectivity index (χ0v) is 10.6. The van der Waals surface area contributed by atoms with Crippen molar-refractivity contribution in [2.24, 2.45) is 5.73 Å². The number of para-hydroxylation sites is 1. The summed E-state index contributed by atoms with van der Waals surface area (Å²) in [5.41, 5.74) is 5.77. The first-order chi connectivity index (χ1) is 7.47. The predicted molar refractivity (Wildman–Crippen MR) is 69.2 cm³/mol. The Morgan fingerprint density at radius 2 is 2.06 bits per heavy atom. The second-order valence-electron chi connectivity index (χ2n) is 3.30. The van der Waals surface area contributed by atoms with Crippen LogP contribution < -0.4 is 11.1 Å². The molecule has 4 nitrogen and oxygen atoms in total. The van der Waals surface area contributed by atoms with Crippen molar-refractivity contribution in [3.8, 4) is 0 Å². The summed E-state index contributed by atoms with van der Waals surface area (Å²) in [5.74, 6) is 0.114. The van der Waals surface area contributed by atoms with E-state index in [1.165, 1.54) is 0 Å². The lowest BCUT2D eigenvalue weighted by Crippen LogP contribution is -2.21. The number of nitrogens with two attached hydrogens (primary N) is 1. The largest absolute Gasteiger partial charge is 0.376 e. The van der Waals surface area contributed by atoms with Crippen LogP contribution in [0.15, 0.2) is 29.2 Å². The summed E-state index contributed by atoms with van der Waals surface area (Å²) in [6, 6.07) is 6.59. The number of hydrogen-bond acceptors (Lipinski definition) is 3. The molecule has 0 heterocycles. The monoisotopic (exact) mass is 258 g/mol. The van der Waals surface area contributed by atoms with E-state index in [4.69, 9.17) is 18.0 Å². The molecule has 1 aromatic carbocycles. The summed E-state index contributed by atoms with van der Waals surface area (Å²) < 4.78 is 23.8. The lowest BCUT2D eigenvalue weighted by molar-refractivity contribution is 0.595. The number of nitrogens with one attached hydrogen (secondary N) is 1. The van der Waals surface area contributed by atoms with Gasteiger partial charge < -0.3 is 11.1 Å². The highest BCUT2D eigenvalue weighted by Gasteiger charge is 2.17. The molecular formula is C10H14N2O2S2. The Kier molecular flexibility index (Phi) is 4.26. The molecule has 0 aliphatic rings. The lowest BCUT2D eigenvalue weighted by Gasteiger charge is -2.10. The molecule has 0 radical (unpaired) electrons. The fourth-order valence-electron chi connectivity index (χ4n) is 1.35. The second kappa shape index (κ2) is 5.27. The molecule has 0 unspecified atom stereocenters. The normalized spacial score (nSPS) is 11.1. The molecular weight excluding hydrogens is 244 g/mol. The van der Waals surface area contributed by atoms with E-state index >= 15 is 0 Å². The summed E-state index contributed by atoms with van der Waals surface area (Å²) in [4.78, 5) is 0.240. The number of thiocarbonyl (C=S) groups is 1. The van der Waals surface area contributed by atoms with Crippen molar-refractivity contribution < 1.29 is 8.42 Å². The second-order valence-corrected chi connectivity index (χ2v) is 5.82. The van der Waals surface area contributed by atoms with E-state index < -0.39 is 9.84 Å². The number of hydrogen-bond donors (Lipinski definition) is 2. The molecule has 0 saturated heterocycles. The minimum Gasteiger partial charge on any atom is -0.376 e. The predicted octanol–water partition coefficient (Wildman–Crippen LogP) is 1.53. The van der Waals surface area contributed by atoms with Gasteiger partial charge in [0.25, 0.3) is 0 Å². The van der Waals surface area contributed by atoms with E-state index in [1.807, 2.05) is 6.92 Å². The van der Waals surface area contributed by atoms with Gasteiger partial charge in [0.15, 0.2) is 14.9 Å². The molecule has 3 N–H and O–H groups in total. The van der Waals surface area contributed by atoms with Gasteiger partial charge >= 0.3 is 0 Å². The van der Waals surface area contributed by atoms with Crippen molar-refractivity contribution in [2.75, 3.05) is 11.1 Å². The van der Waals surface area contributed by atoms with Gasteiger partial charge in [-0.05, 0) is 30.8 Å². The van der Waals surface area contributed by atoms with Crippen molar-refractivity contribution in [3.63, 3.8) is 0 Å². The minimum absolute atomic E-state index is 0.0548. The van der Waals surface area contributed by atoms with Gasteiger partial charge in [0.1, 0.15) is 0 Å². The maximum absolute atomic E-state index is 11.9. The third-order valence-corrected chi connectivity index (χ3v) is 4.03. The summed E-state index contributed by atoms with van der Waals surface area (Å²) in [7, 11) is -3.26. The van der Waals surface area contributed by atoms with Gasteiger partial charge in [-0.1, -0.05) is 19.1 Å². The maximum Gasteiger partial charge on any atom is 0.180 e.